The van der Waals surface area contributed by atoms with Crippen molar-refractivity contribution in [3.05, 3.63) is 81.8 Å². The summed E-state index contributed by atoms with van der Waals surface area (Å²) in [4.78, 5) is 34.8. The van der Waals surface area contributed by atoms with Crippen LogP contribution in [0.2, 0.25) is 0 Å². The third-order valence-corrected chi connectivity index (χ3v) is 7.72. The molecule has 2 N–H and O–H groups in total. The molecule has 1 amide bonds. The van der Waals surface area contributed by atoms with Gasteiger partial charge in [-0.15, -0.1) is 0 Å². The molecule has 1 aromatic carbocycles. The van der Waals surface area contributed by atoms with Gasteiger partial charge in [-0.3, -0.25) is 18.9 Å². The Morgan fingerprint density at radius 2 is 1.92 bits per heavy atom. The van der Waals surface area contributed by atoms with E-state index in [1.54, 1.807) is 30.5 Å². The van der Waals surface area contributed by atoms with E-state index in [1.807, 2.05) is 6.07 Å². The van der Waals surface area contributed by atoms with Crippen LogP contribution >= 0.6 is 0 Å². The van der Waals surface area contributed by atoms with Crippen molar-refractivity contribution in [3.63, 3.8) is 0 Å². The second kappa shape index (κ2) is 9.33. The van der Waals surface area contributed by atoms with Crippen molar-refractivity contribution in [1.29, 1.82) is 0 Å². The number of H-pyrrole nitrogens is 1. The SMILES string of the molecule is O=C(NCc1cc2[nH]c(CN3[C@@H]4CC[C@H]3CC(C(F)F)C4)cc2cc1F)c1cc(=O)n2ccccc2n1. The van der Waals surface area contributed by atoms with Crippen molar-refractivity contribution in [2.45, 2.75) is 57.3 Å². The second-order valence-corrected chi connectivity index (χ2v) is 10.0. The zero-order valence-corrected chi connectivity index (χ0v) is 20.0. The van der Waals surface area contributed by atoms with Gasteiger partial charge in [-0.05, 0) is 56.0 Å². The number of carbonyl (C=O) groups is 1. The Morgan fingerprint density at radius 3 is 2.68 bits per heavy atom. The van der Waals surface area contributed by atoms with E-state index in [2.05, 4.69) is 20.2 Å². The summed E-state index contributed by atoms with van der Waals surface area (Å²) in [6.45, 7) is 0.535. The van der Waals surface area contributed by atoms with Crippen molar-refractivity contribution >= 4 is 22.5 Å². The van der Waals surface area contributed by atoms with E-state index in [9.17, 15) is 22.8 Å². The summed E-state index contributed by atoms with van der Waals surface area (Å²) in [5, 5.41) is 3.36. The van der Waals surface area contributed by atoms with Crippen molar-refractivity contribution in [1.82, 2.24) is 24.6 Å². The Hall–Kier alpha value is -3.66. The van der Waals surface area contributed by atoms with Crippen molar-refractivity contribution in [2.75, 3.05) is 0 Å². The van der Waals surface area contributed by atoms with Crippen molar-refractivity contribution in [2.24, 2.45) is 5.92 Å². The number of benzene rings is 1. The van der Waals surface area contributed by atoms with Crippen LogP contribution in [0.25, 0.3) is 16.6 Å². The van der Waals surface area contributed by atoms with E-state index < -0.39 is 24.1 Å². The molecule has 2 aliphatic heterocycles. The molecule has 2 bridgehead atoms. The number of amides is 1. The molecule has 7 nitrogen and oxygen atoms in total. The van der Waals surface area contributed by atoms with E-state index in [0.29, 0.717) is 36.0 Å². The summed E-state index contributed by atoms with van der Waals surface area (Å²) in [7, 11) is 0. The largest absolute Gasteiger partial charge is 0.357 e. The number of piperidine rings is 1. The van der Waals surface area contributed by atoms with Gasteiger partial charge < -0.3 is 10.3 Å². The van der Waals surface area contributed by atoms with Gasteiger partial charge in [0.15, 0.2) is 0 Å². The lowest BCUT2D eigenvalue weighted by molar-refractivity contribution is 0.00311. The van der Waals surface area contributed by atoms with Crippen LogP contribution in [0.1, 0.15) is 47.4 Å². The van der Waals surface area contributed by atoms with Crippen LogP contribution in [0, 0.1) is 11.7 Å². The van der Waals surface area contributed by atoms with Gasteiger partial charge in [0.25, 0.3) is 11.5 Å². The normalized spacial score (nSPS) is 21.8. The Labute approximate surface area is 210 Å². The third kappa shape index (κ3) is 4.50. The number of hydrogen-bond acceptors (Lipinski definition) is 4. The fraction of sp³-hybridized carbons (Fsp3) is 0.370. The van der Waals surface area contributed by atoms with E-state index in [1.165, 1.54) is 10.5 Å². The van der Waals surface area contributed by atoms with Gasteiger partial charge in [0, 0.05) is 65.5 Å². The number of fused-ring (bicyclic) bond motifs is 4. The Bertz CT molecular complexity index is 1530. The fourth-order valence-corrected chi connectivity index (χ4v) is 5.89. The molecule has 2 aliphatic rings. The number of hydrogen-bond donors (Lipinski definition) is 2. The quantitative estimate of drug-likeness (QED) is 0.407. The maximum Gasteiger partial charge on any atom is 0.270 e. The van der Waals surface area contributed by atoms with Gasteiger partial charge in [0.2, 0.25) is 6.43 Å². The van der Waals surface area contributed by atoms with Crippen LogP contribution < -0.4 is 10.9 Å². The monoisotopic (exact) mass is 509 g/mol. The van der Waals surface area contributed by atoms with Gasteiger partial charge >= 0.3 is 0 Å². The number of aromatic nitrogens is 3. The molecule has 0 radical (unpaired) electrons. The molecule has 2 fully saturated rings. The first-order chi connectivity index (χ1) is 17.9. The first kappa shape index (κ1) is 23.7. The number of aromatic amines is 1. The average molecular weight is 510 g/mol. The standard InChI is InChI=1S/C27H26F3N5O2/c28-21-10-15-7-18(14-35-19-4-5-20(35)9-16(8-19)26(29)30)32-22(15)11-17(21)13-31-27(37)23-12-25(36)34-6-2-1-3-24(34)33-23/h1-3,6-7,10-12,16,19-20,26,32H,4-5,8-9,13-14H2,(H,31,37)/t16?,19-,20+. The van der Waals surface area contributed by atoms with Crippen LogP contribution in [0.4, 0.5) is 13.2 Å². The van der Waals surface area contributed by atoms with Gasteiger partial charge in [-0.1, -0.05) is 6.07 Å². The van der Waals surface area contributed by atoms with Crippen molar-refractivity contribution < 1.29 is 18.0 Å². The van der Waals surface area contributed by atoms with Gasteiger partial charge in [0.1, 0.15) is 17.2 Å². The minimum absolute atomic E-state index is 0.0370. The molecule has 1 unspecified atom stereocenters. The zero-order valence-electron chi connectivity index (χ0n) is 20.0. The van der Waals surface area contributed by atoms with Crippen LogP contribution in [0.5, 0.6) is 0 Å². The molecule has 2 saturated heterocycles. The number of rotatable bonds is 6. The molecule has 192 valence electrons. The average Bonchev–Trinajstić information content (AvgIpc) is 3.36. The summed E-state index contributed by atoms with van der Waals surface area (Å²) < 4.78 is 42.7. The summed E-state index contributed by atoms with van der Waals surface area (Å²) in [5.41, 5.74) is 1.86. The van der Waals surface area contributed by atoms with Gasteiger partial charge in [-0.25, -0.2) is 18.2 Å². The molecule has 3 atom stereocenters. The molecule has 37 heavy (non-hydrogen) atoms. The van der Waals surface area contributed by atoms with E-state index in [0.717, 1.165) is 30.1 Å². The maximum atomic E-state index is 14.8. The van der Waals surface area contributed by atoms with E-state index >= 15 is 0 Å². The number of pyridine rings is 1. The Kier molecular flexibility index (Phi) is 5.98. The molecule has 6 rings (SSSR count). The topological polar surface area (TPSA) is 82.5 Å². The second-order valence-electron chi connectivity index (χ2n) is 10.0. The van der Waals surface area contributed by atoms with Crippen molar-refractivity contribution in [3.8, 4) is 0 Å². The first-order valence-electron chi connectivity index (χ1n) is 12.5. The third-order valence-electron chi connectivity index (χ3n) is 7.72. The van der Waals surface area contributed by atoms with Crippen LogP contribution in [0.15, 0.2) is 53.5 Å². The summed E-state index contributed by atoms with van der Waals surface area (Å²) in [6, 6.07) is 11.5. The molecule has 5 heterocycles. The molecule has 0 aliphatic carbocycles. The molecular formula is C27H26F3N5O2. The molecule has 4 aromatic rings. The zero-order chi connectivity index (χ0) is 25.7. The molecule has 0 spiro atoms. The minimum Gasteiger partial charge on any atom is -0.357 e. The van der Waals surface area contributed by atoms with E-state index in [4.69, 9.17) is 0 Å². The molecular weight excluding hydrogens is 483 g/mol. The Morgan fingerprint density at radius 1 is 1.14 bits per heavy atom. The summed E-state index contributed by atoms with van der Waals surface area (Å²) in [6.07, 6.45) is 2.21. The number of alkyl halides is 2. The first-order valence-corrected chi connectivity index (χ1v) is 12.5. The Balaban J connectivity index is 1.16. The highest BCUT2D eigenvalue weighted by atomic mass is 19.3. The molecule has 0 saturated carbocycles. The lowest BCUT2D eigenvalue weighted by Gasteiger charge is -2.38. The van der Waals surface area contributed by atoms with Crippen LogP contribution in [-0.4, -0.2) is 43.7 Å². The number of carbonyl (C=O) groups excluding carboxylic acids is 1. The predicted molar refractivity (Wildman–Crippen MR) is 132 cm³/mol. The highest BCUT2D eigenvalue weighted by molar-refractivity contribution is 5.92. The van der Waals surface area contributed by atoms with Gasteiger partial charge in [-0.2, -0.15) is 0 Å². The highest BCUT2D eigenvalue weighted by Crippen LogP contribution is 2.41. The number of nitrogens with zero attached hydrogens (tertiary/aromatic N) is 3. The van der Waals surface area contributed by atoms with Crippen LogP contribution in [0.3, 0.4) is 0 Å². The fourth-order valence-electron chi connectivity index (χ4n) is 5.89. The molecule has 10 heteroatoms. The lowest BCUT2D eigenvalue weighted by atomic mass is 9.91. The maximum absolute atomic E-state index is 14.8. The van der Waals surface area contributed by atoms with Gasteiger partial charge in [0.05, 0.1) is 0 Å². The molecule has 3 aromatic heterocycles. The van der Waals surface area contributed by atoms with Crippen LogP contribution in [-0.2, 0) is 13.1 Å². The predicted octanol–water partition coefficient (Wildman–Crippen LogP) is 4.25. The summed E-state index contributed by atoms with van der Waals surface area (Å²) in [5.74, 6) is -1.55. The highest BCUT2D eigenvalue weighted by Gasteiger charge is 2.43. The number of nitrogens with one attached hydrogen (secondary N) is 2. The summed E-state index contributed by atoms with van der Waals surface area (Å²) >= 11 is 0. The minimum atomic E-state index is -2.27. The van der Waals surface area contributed by atoms with E-state index in [-0.39, 0.29) is 29.9 Å². The lowest BCUT2D eigenvalue weighted by Crippen LogP contribution is -2.43. The number of halogens is 3. The smallest absolute Gasteiger partial charge is 0.270 e.